The highest BCUT2D eigenvalue weighted by Crippen LogP contribution is 2.39. The van der Waals surface area contributed by atoms with Crippen molar-refractivity contribution in [1.82, 2.24) is 5.32 Å². The molecule has 0 bridgehead atoms. The van der Waals surface area contributed by atoms with E-state index in [9.17, 15) is 14.7 Å². The minimum Gasteiger partial charge on any atom is -0.508 e. The Bertz CT molecular complexity index is 981. The molecule has 0 aromatic heterocycles. The first-order valence-electron chi connectivity index (χ1n) is 9.27. The highest BCUT2D eigenvalue weighted by Gasteiger charge is 2.37. The summed E-state index contributed by atoms with van der Waals surface area (Å²) in [5.41, 5.74) is 2.63. The van der Waals surface area contributed by atoms with Gasteiger partial charge in [0.05, 0.1) is 31.3 Å². The summed E-state index contributed by atoms with van der Waals surface area (Å²) in [6.45, 7) is 3.53. The van der Waals surface area contributed by atoms with Crippen molar-refractivity contribution in [2.75, 3.05) is 14.2 Å². The molecule has 0 aliphatic carbocycles. The van der Waals surface area contributed by atoms with E-state index in [2.05, 4.69) is 5.32 Å². The molecule has 0 unspecified atom stereocenters. The second-order valence-corrected chi connectivity index (χ2v) is 6.78. The normalized spacial score (nSPS) is 14.3. The maximum Gasteiger partial charge on any atom is 0.336 e. The largest absolute Gasteiger partial charge is 0.508 e. The first-order valence-corrected chi connectivity index (χ1v) is 9.27. The van der Waals surface area contributed by atoms with Gasteiger partial charge in [-0.25, -0.2) is 9.59 Å². The number of nitrogens with one attached hydrogen (secondary N) is 1. The van der Waals surface area contributed by atoms with Gasteiger partial charge in [-0.15, -0.1) is 0 Å². The van der Waals surface area contributed by atoms with Crippen LogP contribution in [0.1, 0.15) is 25.3 Å². The first kappa shape index (κ1) is 21.0. The number of benzene rings is 2. The van der Waals surface area contributed by atoms with Crippen LogP contribution in [0.25, 0.3) is 0 Å². The SMILES string of the molecule is COC(=O)C1=C(C)NC(C)=C(C(=O)OC)C1c1ccc(Oc2ccc(O)cc2)cc1. The summed E-state index contributed by atoms with van der Waals surface area (Å²) in [5.74, 6) is -0.405. The summed E-state index contributed by atoms with van der Waals surface area (Å²) in [4.78, 5) is 25.0. The van der Waals surface area contributed by atoms with Crippen LogP contribution >= 0.6 is 0 Å². The number of phenolic OH excluding ortho intramolecular Hbond substituents is 1. The molecule has 1 heterocycles. The van der Waals surface area contributed by atoms with E-state index >= 15 is 0 Å². The zero-order valence-electron chi connectivity index (χ0n) is 17.2. The van der Waals surface area contributed by atoms with Crippen molar-refractivity contribution >= 4 is 11.9 Å². The molecule has 1 aliphatic rings. The quantitative estimate of drug-likeness (QED) is 0.726. The standard InChI is InChI=1S/C23H23NO6/c1-13-19(22(26)28-3)21(20(14(2)24-13)23(27)29-4)15-5-9-17(10-6-15)30-18-11-7-16(25)8-12-18/h5-12,21,24-25H,1-4H3. The number of dihydropyridines is 1. The lowest BCUT2D eigenvalue weighted by Crippen LogP contribution is -2.32. The Morgan fingerprint density at radius 1 is 0.800 bits per heavy atom. The number of ether oxygens (including phenoxy) is 3. The zero-order chi connectivity index (χ0) is 21.8. The van der Waals surface area contributed by atoms with Crippen molar-refractivity contribution in [2.45, 2.75) is 19.8 Å². The Hall–Kier alpha value is -3.74. The van der Waals surface area contributed by atoms with E-state index in [0.29, 0.717) is 39.6 Å². The second kappa shape index (κ2) is 8.73. The van der Waals surface area contributed by atoms with E-state index in [4.69, 9.17) is 14.2 Å². The number of carbonyl (C=O) groups excluding carboxylic acids is 2. The number of aromatic hydroxyl groups is 1. The molecule has 0 atom stereocenters. The number of carbonyl (C=O) groups is 2. The molecule has 0 fully saturated rings. The van der Waals surface area contributed by atoms with E-state index in [-0.39, 0.29) is 5.75 Å². The third kappa shape index (κ3) is 4.15. The third-order valence-corrected chi connectivity index (χ3v) is 4.86. The van der Waals surface area contributed by atoms with Crippen LogP contribution in [0, 0.1) is 0 Å². The smallest absolute Gasteiger partial charge is 0.336 e. The number of esters is 2. The average molecular weight is 409 g/mol. The summed E-state index contributed by atoms with van der Waals surface area (Å²) in [5, 5.41) is 12.5. The van der Waals surface area contributed by atoms with Crippen molar-refractivity contribution in [3.8, 4) is 17.2 Å². The average Bonchev–Trinajstić information content (AvgIpc) is 2.74. The van der Waals surface area contributed by atoms with Gasteiger partial charge >= 0.3 is 11.9 Å². The van der Waals surface area contributed by atoms with Gasteiger partial charge in [-0.1, -0.05) is 12.1 Å². The lowest BCUT2D eigenvalue weighted by molar-refractivity contribution is -0.137. The Balaban J connectivity index is 1.99. The topological polar surface area (TPSA) is 94.1 Å². The van der Waals surface area contributed by atoms with Gasteiger partial charge in [-0.3, -0.25) is 0 Å². The molecule has 0 spiro atoms. The minimum absolute atomic E-state index is 0.151. The molecule has 7 nitrogen and oxygen atoms in total. The highest BCUT2D eigenvalue weighted by molar-refractivity contribution is 5.99. The molecule has 156 valence electrons. The molecule has 0 saturated heterocycles. The van der Waals surface area contributed by atoms with Gasteiger partial charge in [-0.2, -0.15) is 0 Å². The fourth-order valence-corrected chi connectivity index (χ4v) is 3.47. The maximum atomic E-state index is 12.5. The van der Waals surface area contributed by atoms with Crippen LogP contribution in [0.2, 0.25) is 0 Å². The number of hydrogen-bond donors (Lipinski definition) is 2. The summed E-state index contributed by atoms with van der Waals surface area (Å²) >= 11 is 0. The molecular formula is C23H23NO6. The van der Waals surface area contributed by atoms with Crippen LogP contribution in [-0.4, -0.2) is 31.3 Å². The van der Waals surface area contributed by atoms with Crippen molar-refractivity contribution in [3.05, 3.63) is 76.6 Å². The van der Waals surface area contributed by atoms with E-state index in [1.54, 1.807) is 50.2 Å². The fraction of sp³-hybridized carbons (Fsp3) is 0.217. The van der Waals surface area contributed by atoms with Crippen LogP contribution in [0.5, 0.6) is 17.2 Å². The molecule has 3 rings (SSSR count). The first-order chi connectivity index (χ1) is 14.3. The molecule has 1 aliphatic heterocycles. The Morgan fingerprint density at radius 3 is 1.67 bits per heavy atom. The summed E-state index contributed by atoms with van der Waals surface area (Å²) in [6.07, 6.45) is 0. The molecule has 30 heavy (non-hydrogen) atoms. The van der Waals surface area contributed by atoms with E-state index in [0.717, 1.165) is 0 Å². The lowest BCUT2D eigenvalue weighted by Gasteiger charge is -2.30. The van der Waals surface area contributed by atoms with Crippen LogP contribution in [0.4, 0.5) is 0 Å². The summed E-state index contributed by atoms with van der Waals surface area (Å²) < 4.78 is 15.7. The van der Waals surface area contributed by atoms with Crippen molar-refractivity contribution in [2.24, 2.45) is 0 Å². The predicted molar refractivity (Wildman–Crippen MR) is 110 cm³/mol. The van der Waals surface area contributed by atoms with E-state index in [1.165, 1.54) is 26.4 Å². The molecule has 0 radical (unpaired) electrons. The maximum absolute atomic E-state index is 12.5. The Labute approximate surface area is 174 Å². The summed E-state index contributed by atoms with van der Waals surface area (Å²) in [7, 11) is 2.61. The van der Waals surface area contributed by atoms with Gasteiger partial charge in [-0.05, 0) is 55.8 Å². The number of methoxy groups -OCH3 is 2. The number of hydrogen-bond acceptors (Lipinski definition) is 7. The molecule has 7 heteroatoms. The second-order valence-electron chi connectivity index (χ2n) is 6.78. The van der Waals surface area contributed by atoms with Gasteiger partial charge in [0.25, 0.3) is 0 Å². The molecule has 0 amide bonds. The van der Waals surface area contributed by atoms with Crippen LogP contribution in [0.3, 0.4) is 0 Å². The van der Waals surface area contributed by atoms with Gasteiger partial charge in [0.1, 0.15) is 17.2 Å². The monoisotopic (exact) mass is 409 g/mol. The molecule has 0 saturated carbocycles. The zero-order valence-corrected chi connectivity index (χ0v) is 17.2. The van der Waals surface area contributed by atoms with Gasteiger partial charge in [0.15, 0.2) is 0 Å². The van der Waals surface area contributed by atoms with Crippen molar-refractivity contribution < 1.29 is 28.9 Å². The van der Waals surface area contributed by atoms with Crippen molar-refractivity contribution in [3.63, 3.8) is 0 Å². The number of phenols is 1. The van der Waals surface area contributed by atoms with Gasteiger partial charge in [0.2, 0.25) is 0 Å². The van der Waals surface area contributed by atoms with Crippen LogP contribution < -0.4 is 10.1 Å². The molecule has 2 aromatic rings. The van der Waals surface area contributed by atoms with Crippen LogP contribution in [0.15, 0.2) is 71.1 Å². The van der Waals surface area contributed by atoms with Gasteiger partial charge in [0, 0.05) is 11.4 Å². The van der Waals surface area contributed by atoms with E-state index in [1.807, 2.05) is 0 Å². The molecular weight excluding hydrogens is 386 g/mol. The number of rotatable bonds is 5. The van der Waals surface area contributed by atoms with E-state index < -0.39 is 17.9 Å². The molecule has 2 N–H and O–H groups in total. The Morgan fingerprint density at radius 2 is 1.23 bits per heavy atom. The minimum atomic E-state index is -0.645. The lowest BCUT2D eigenvalue weighted by atomic mass is 9.80. The number of allylic oxidation sites excluding steroid dienone is 2. The van der Waals surface area contributed by atoms with Crippen molar-refractivity contribution in [1.29, 1.82) is 0 Å². The highest BCUT2D eigenvalue weighted by atomic mass is 16.5. The van der Waals surface area contributed by atoms with Crippen LogP contribution in [-0.2, 0) is 19.1 Å². The Kier molecular flexibility index (Phi) is 6.11. The molecule has 2 aromatic carbocycles. The predicted octanol–water partition coefficient (Wildman–Crippen LogP) is 3.77. The fourth-order valence-electron chi connectivity index (χ4n) is 3.47. The summed E-state index contributed by atoms with van der Waals surface area (Å²) in [6, 6.07) is 13.4. The third-order valence-electron chi connectivity index (χ3n) is 4.86. The van der Waals surface area contributed by atoms with Gasteiger partial charge < -0.3 is 24.6 Å².